The quantitative estimate of drug-likeness (QED) is 0.810. The fourth-order valence-electron chi connectivity index (χ4n) is 2.51. The van der Waals surface area contributed by atoms with E-state index in [4.69, 9.17) is 5.11 Å². The number of hydrogen-bond acceptors (Lipinski definition) is 3. The van der Waals surface area contributed by atoms with Crippen LogP contribution in [0.2, 0.25) is 0 Å². The van der Waals surface area contributed by atoms with Gasteiger partial charge in [0, 0.05) is 31.4 Å². The number of allylic oxidation sites excluding steroid dienone is 1. The minimum atomic E-state index is 0.114. The lowest BCUT2D eigenvalue weighted by atomic mass is 10.0. The molecule has 1 aromatic carbocycles. The largest absolute Gasteiger partial charge is 0.392 e. The summed E-state index contributed by atoms with van der Waals surface area (Å²) >= 11 is 0. The van der Waals surface area contributed by atoms with Gasteiger partial charge in [-0.15, -0.1) is 0 Å². The molecule has 0 unspecified atom stereocenters. The smallest absolute Gasteiger partial charge is 0.0681 e. The van der Waals surface area contributed by atoms with Gasteiger partial charge in [0.2, 0.25) is 0 Å². The molecule has 2 N–H and O–H groups in total. The molecule has 0 atom stereocenters. The fourth-order valence-corrected chi connectivity index (χ4v) is 2.51. The third-order valence-corrected chi connectivity index (χ3v) is 3.85. The molecule has 0 radical (unpaired) electrons. The first-order valence-electron chi connectivity index (χ1n) is 7.49. The lowest BCUT2D eigenvalue weighted by molar-refractivity contribution is 0.240. The van der Waals surface area contributed by atoms with Crippen LogP contribution in [0, 0.1) is 0 Å². The normalized spacial score (nSPS) is 16.9. The maximum Gasteiger partial charge on any atom is 0.0681 e. The number of anilines is 1. The van der Waals surface area contributed by atoms with Crippen molar-refractivity contribution in [3.63, 3.8) is 0 Å². The average Bonchev–Trinajstić information content (AvgIpc) is 2.47. The Morgan fingerprint density at radius 3 is 2.45 bits per heavy atom. The molecular weight excluding hydrogens is 248 g/mol. The number of piperidine rings is 1. The Bertz CT molecular complexity index is 427. The van der Waals surface area contributed by atoms with Gasteiger partial charge in [-0.2, -0.15) is 0 Å². The maximum atomic E-state index is 9.04. The molecule has 110 valence electrons. The molecule has 20 heavy (non-hydrogen) atoms. The van der Waals surface area contributed by atoms with Crippen LogP contribution < -0.4 is 5.32 Å². The first kappa shape index (κ1) is 15.1. The summed E-state index contributed by atoms with van der Waals surface area (Å²) in [6.07, 6.45) is 4.69. The summed E-state index contributed by atoms with van der Waals surface area (Å²) in [5.41, 5.74) is 3.52. The van der Waals surface area contributed by atoms with Crippen LogP contribution in [0.4, 0.5) is 5.69 Å². The van der Waals surface area contributed by atoms with Gasteiger partial charge in [0.05, 0.1) is 6.61 Å². The van der Waals surface area contributed by atoms with Crippen molar-refractivity contribution in [2.45, 2.75) is 39.3 Å². The van der Waals surface area contributed by atoms with E-state index in [0.717, 1.165) is 30.9 Å². The number of benzene rings is 1. The molecule has 0 aromatic heterocycles. The molecule has 0 saturated carbocycles. The van der Waals surface area contributed by atoms with E-state index in [1.54, 1.807) is 0 Å². The van der Waals surface area contributed by atoms with Crippen molar-refractivity contribution in [2.24, 2.45) is 0 Å². The zero-order valence-corrected chi connectivity index (χ0v) is 12.6. The van der Waals surface area contributed by atoms with Crippen molar-refractivity contribution in [1.82, 2.24) is 4.90 Å². The third-order valence-electron chi connectivity index (χ3n) is 3.85. The van der Waals surface area contributed by atoms with Gasteiger partial charge in [-0.25, -0.2) is 0 Å². The lowest BCUT2D eigenvalue weighted by Crippen LogP contribution is -2.39. The highest BCUT2D eigenvalue weighted by Gasteiger charge is 2.17. The Morgan fingerprint density at radius 2 is 1.90 bits per heavy atom. The topological polar surface area (TPSA) is 35.5 Å². The number of likely N-dealkylation sites (tertiary alicyclic amines) is 1. The van der Waals surface area contributed by atoms with Crippen LogP contribution >= 0.6 is 0 Å². The Morgan fingerprint density at radius 1 is 1.25 bits per heavy atom. The van der Waals surface area contributed by atoms with E-state index in [0.29, 0.717) is 6.04 Å². The summed E-state index contributed by atoms with van der Waals surface area (Å²) in [6.45, 7) is 7.84. The highest BCUT2D eigenvalue weighted by Crippen LogP contribution is 2.17. The number of aliphatic hydroxyl groups excluding tert-OH is 1. The SMILES string of the molecule is CC(C)=CCN1CCC(Nc2ccc(CO)cc2)CC1. The minimum Gasteiger partial charge on any atom is -0.392 e. The number of nitrogens with one attached hydrogen (secondary N) is 1. The first-order chi connectivity index (χ1) is 9.67. The highest BCUT2D eigenvalue weighted by molar-refractivity contribution is 5.45. The lowest BCUT2D eigenvalue weighted by Gasteiger charge is -2.32. The Balaban J connectivity index is 1.77. The molecule has 0 aliphatic carbocycles. The molecule has 1 aliphatic heterocycles. The van der Waals surface area contributed by atoms with E-state index < -0.39 is 0 Å². The van der Waals surface area contributed by atoms with E-state index in [1.165, 1.54) is 18.4 Å². The number of nitrogens with zero attached hydrogens (tertiary/aromatic N) is 1. The summed E-state index contributed by atoms with van der Waals surface area (Å²) in [5, 5.41) is 12.6. The zero-order chi connectivity index (χ0) is 14.4. The predicted octanol–water partition coefficient (Wildman–Crippen LogP) is 3.02. The molecular formula is C17H26N2O. The van der Waals surface area contributed by atoms with Gasteiger partial charge >= 0.3 is 0 Å². The van der Waals surface area contributed by atoms with Crippen molar-refractivity contribution in [3.8, 4) is 0 Å². The summed E-state index contributed by atoms with van der Waals surface area (Å²) in [4.78, 5) is 2.51. The molecule has 1 fully saturated rings. The number of rotatable bonds is 5. The van der Waals surface area contributed by atoms with Gasteiger partial charge < -0.3 is 10.4 Å². The van der Waals surface area contributed by atoms with Crippen molar-refractivity contribution in [1.29, 1.82) is 0 Å². The fraction of sp³-hybridized carbons (Fsp3) is 0.529. The summed E-state index contributed by atoms with van der Waals surface area (Å²) in [6, 6.07) is 8.64. The van der Waals surface area contributed by atoms with Gasteiger partial charge in [0.15, 0.2) is 0 Å². The molecule has 2 rings (SSSR count). The molecule has 0 bridgehead atoms. The summed E-state index contributed by atoms with van der Waals surface area (Å²) in [5.74, 6) is 0. The van der Waals surface area contributed by atoms with Gasteiger partial charge in [-0.05, 0) is 44.4 Å². The Kier molecular flexibility index (Phi) is 5.62. The van der Waals surface area contributed by atoms with Gasteiger partial charge in [-0.3, -0.25) is 4.90 Å². The van der Waals surface area contributed by atoms with E-state index in [-0.39, 0.29) is 6.61 Å². The van der Waals surface area contributed by atoms with Crippen molar-refractivity contribution >= 4 is 5.69 Å². The van der Waals surface area contributed by atoms with Crippen LogP contribution in [0.5, 0.6) is 0 Å². The number of aliphatic hydroxyl groups is 1. The molecule has 3 heteroatoms. The zero-order valence-electron chi connectivity index (χ0n) is 12.6. The third kappa shape index (κ3) is 4.66. The Labute approximate surface area is 122 Å². The average molecular weight is 274 g/mol. The van der Waals surface area contributed by atoms with Crippen molar-refractivity contribution < 1.29 is 5.11 Å². The molecule has 1 saturated heterocycles. The van der Waals surface area contributed by atoms with E-state index in [1.807, 2.05) is 12.1 Å². The Hall–Kier alpha value is -1.32. The van der Waals surface area contributed by atoms with E-state index in [2.05, 4.69) is 42.3 Å². The van der Waals surface area contributed by atoms with Crippen LogP contribution in [-0.4, -0.2) is 35.7 Å². The van der Waals surface area contributed by atoms with Crippen LogP contribution in [-0.2, 0) is 6.61 Å². The summed E-state index contributed by atoms with van der Waals surface area (Å²) < 4.78 is 0. The van der Waals surface area contributed by atoms with Crippen LogP contribution in [0.3, 0.4) is 0 Å². The van der Waals surface area contributed by atoms with Crippen LogP contribution in [0.15, 0.2) is 35.9 Å². The van der Waals surface area contributed by atoms with Crippen molar-refractivity contribution in [3.05, 3.63) is 41.5 Å². The van der Waals surface area contributed by atoms with Gasteiger partial charge in [0.25, 0.3) is 0 Å². The van der Waals surface area contributed by atoms with Gasteiger partial charge in [0.1, 0.15) is 0 Å². The molecule has 1 aromatic rings. The molecule has 1 heterocycles. The maximum absolute atomic E-state index is 9.04. The molecule has 3 nitrogen and oxygen atoms in total. The second kappa shape index (κ2) is 7.46. The second-order valence-corrected chi connectivity index (χ2v) is 5.86. The van der Waals surface area contributed by atoms with E-state index in [9.17, 15) is 0 Å². The summed E-state index contributed by atoms with van der Waals surface area (Å²) in [7, 11) is 0. The minimum absolute atomic E-state index is 0.114. The molecule has 0 spiro atoms. The van der Waals surface area contributed by atoms with E-state index >= 15 is 0 Å². The predicted molar refractivity (Wildman–Crippen MR) is 84.9 cm³/mol. The standard InChI is InChI=1S/C17H26N2O/c1-14(2)7-10-19-11-8-17(9-12-19)18-16-5-3-15(13-20)4-6-16/h3-7,17-18,20H,8-13H2,1-2H3. The van der Waals surface area contributed by atoms with Crippen LogP contribution in [0.1, 0.15) is 32.3 Å². The van der Waals surface area contributed by atoms with Gasteiger partial charge in [-0.1, -0.05) is 23.8 Å². The van der Waals surface area contributed by atoms with Crippen LogP contribution in [0.25, 0.3) is 0 Å². The van der Waals surface area contributed by atoms with Crippen molar-refractivity contribution in [2.75, 3.05) is 25.0 Å². The first-order valence-corrected chi connectivity index (χ1v) is 7.49. The molecule has 0 amide bonds. The number of hydrogen-bond donors (Lipinski definition) is 2. The molecule has 1 aliphatic rings. The monoisotopic (exact) mass is 274 g/mol. The second-order valence-electron chi connectivity index (χ2n) is 5.86. The highest BCUT2D eigenvalue weighted by atomic mass is 16.3.